The molecule has 2 N–H and O–H groups in total. The Bertz CT molecular complexity index is 232. The van der Waals surface area contributed by atoms with Crippen molar-refractivity contribution in [2.75, 3.05) is 13.2 Å². The van der Waals surface area contributed by atoms with Gasteiger partial charge in [-0.3, -0.25) is 0 Å². The van der Waals surface area contributed by atoms with Gasteiger partial charge in [0.2, 0.25) is 0 Å². The first kappa shape index (κ1) is 9.77. The Morgan fingerprint density at radius 3 is 2.79 bits per heavy atom. The van der Waals surface area contributed by atoms with Crippen molar-refractivity contribution in [3.63, 3.8) is 0 Å². The summed E-state index contributed by atoms with van der Waals surface area (Å²) >= 11 is 0. The molecule has 80 valence electrons. The normalized spacial score (nSPS) is 36.9. The highest BCUT2D eigenvalue weighted by atomic mass is 16.5. The van der Waals surface area contributed by atoms with Gasteiger partial charge >= 0.3 is 0 Å². The lowest BCUT2D eigenvalue weighted by Crippen LogP contribution is -2.40. The van der Waals surface area contributed by atoms with Crippen LogP contribution in [0, 0.1) is 0 Å². The minimum Gasteiger partial charge on any atom is -0.457 e. The number of rotatable bonds is 2. The number of nitrogens with zero attached hydrogens (tertiary/aromatic N) is 1. The molecule has 0 unspecified atom stereocenters. The summed E-state index contributed by atoms with van der Waals surface area (Å²) in [6.07, 6.45) is 4.58. The van der Waals surface area contributed by atoms with Crippen LogP contribution in [0.2, 0.25) is 0 Å². The van der Waals surface area contributed by atoms with Gasteiger partial charge in [0.25, 0.3) is 6.02 Å². The second-order valence-electron chi connectivity index (χ2n) is 4.09. The highest BCUT2D eigenvalue weighted by Crippen LogP contribution is 2.35. The van der Waals surface area contributed by atoms with Crippen LogP contribution < -0.4 is 5.73 Å². The summed E-state index contributed by atoms with van der Waals surface area (Å²) in [7, 11) is 0. The van der Waals surface area contributed by atoms with Crippen molar-refractivity contribution in [2.45, 2.75) is 44.3 Å². The molecule has 0 aromatic carbocycles. The van der Waals surface area contributed by atoms with E-state index in [9.17, 15) is 0 Å². The maximum Gasteiger partial charge on any atom is 0.282 e. The molecule has 1 fully saturated rings. The van der Waals surface area contributed by atoms with Gasteiger partial charge in [-0.25, -0.2) is 4.99 Å². The Morgan fingerprint density at radius 1 is 1.57 bits per heavy atom. The van der Waals surface area contributed by atoms with E-state index in [2.05, 4.69) is 4.99 Å². The van der Waals surface area contributed by atoms with Gasteiger partial charge < -0.3 is 15.2 Å². The number of ether oxygens (including phenoxy) is 2. The van der Waals surface area contributed by atoms with E-state index in [1.54, 1.807) is 0 Å². The van der Waals surface area contributed by atoms with Crippen molar-refractivity contribution in [3.05, 3.63) is 0 Å². The molecule has 0 aromatic rings. The summed E-state index contributed by atoms with van der Waals surface area (Å²) < 4.78 is 11.2. The van der Waals surface area contributed by atoms with Gasteiger partial charge in [0, 0.05) is 6.61 Å². The van der Waals surface area contributed by atoms with Crippen LogP contribution in [0.1, 0.15) is 32.6 Å². The fraction of sp³-hybridized carbons (Fsp3) is 0.900. The molecule has 1 heterocycles. The third-order valence-corrected chi connectivity index (χ3v) is 3.09. The molecular weight excluding hydrogens is 180 g/mol. The summed E-state index contributed by atoms with van der Waals surface area (Å²) in [4.78, 5) is 4.12. The van der Waals surface area contributed by atoms with Crippen LogP contribution in [0.25, 0.3) is 0 Å². The first-order valence-corrected chi connectivity index (χ1v) is 5.35. The van der Waals surface area contributed by atoms with E-state index in [0.29, 0.717) is 12.1 Å². The van der Waals surface area contributed by atoms with Crippen LogP contribution >= 0.6 is 0 Å². The molecule has 0 radical (unpaired) electrons. The van der Waals surface area contributed by atoms with Crippen molar-refractivity contribution in [1.82, 2.24) is 0 Å². The number of aliphatic imine (C=N–C) groups is 1. The number of hydrogen-bond donors (Lipinski definition) is 1. The van der Waals surface area contributed by atoms with E-state index >= 15 is 0 Å². The summed E-state index contributed by atoms with van der Waals surface area (Å²) in [5.74, 6) is 0. The smallest absolute Gasteiger partial charge is 0.282 e. The van der Waals surface area contributed by atoms with E-state index in [0.717, 1.165) is 38.8 Å². The zero-order valence-electron chi connectivity index (χ0n) is 8.66. The van der Waals surface area contributed by atoms with Gasteiger partial charge in [-0.2, -0.15) is 0 Å². The maximum atomic E-state index is 5.59. The van der Waals surface area contributed by atoms with Crippen LogP contribution in [0.3, 0.4) is 0 Å². The number of amidine groups is 1. The first-order valence-electron chi connectivity index (χ1n) is 5.35. The predicted molar refractivity (Wildman–Crippen MR) is 54.2 cm³/mol. The van der Waals surface area contributed by atoms with Gasteiger partial charge in [-0.15, -0.1) is 0 Å². The Morgan fingerprint density at radius 2 is 2.29 bits per heavy atom. The molecular formula is C10H18N2O2. The largest absolute Gasteiger partial charge is 0.457 e. The SMILES string of the molecule is CCOC1CCC2(CC1)CN=C(N)O2. The summed E-state index contributed by atoms with van der Waals surface area (Å²) in [6.45, 7) is 3.58. The molecule has 1 aliphatic carbocycles. The lowest BCUT2D eigenvalue weighted by atomic mass is 9.83. The van der Waals surface area contributed by atoms with Crippen LogP contribution in [-0.4, -0.2) is 30.9 Å². The molecule has 14 heavy (non-hydrogen) atoms. The van der Waals surface area contributed by atoms with Crippen molar-refractivity contribution in [1.29, 1.82) is 0 Å². The van der Waals surface area contributed by atoms with Gasteiger partial charge in [-0.05, 0) is 32.6 Å². The zero-order valence-corrected chi connectivity index (χ0v) is 8.66. The predicted octanol–water partition coefficient (Wildman–Crippen LogP) is 1.05. The molecule has 0 bridgehead atoms. The highest BCUT2D eigenvalue weighted by Gasteiger charge is 2.40. The van der Waals surface area contributed by atoms with E-state index in [1.165, 1.54) is 0 Å². The minimum absolute atomic E-state index is 0.0856. The number of nitrogens with two attached hydrogens (primary N) is 1. The monoisotopic (exact) mass is 198 g/mol. The second kappa shape index (κ2) is 3.77. The molecule has 2 aliphatic rings. The second-order valence-corrected chi connectivity index (χ2v) is 4.09. The summed E-state index contributed by atoms with van der Waals surface area (Å²) in [6, 6.07) is 0.361. The van der Waals surface area contributed by atoms with Gasteiger partial charge in [0.1, 0.15) is 5.60 Å². The topological polar surface area (TPSA) is 56.8 Å². The van der Waals surface area contributed by atoms with Gasteiger partial charge in [0.15, 0.2) is 0 Å². The summed E-state index contributed by atoms with van der Waals surface area (Å²) in [5.41, 5.74) is 5.44. The highest BCUT2D eigenvalue weighted by molar-refractivity contribution is 5.73. The molecule has 0 atom stereocenters. The molecule has 2 rings (SSSR count). The Kier molecular flexibility index (Phi) is 2.63. The number of hydrogen-bond acceptors (Lipinski definition) is 4. The molecule has 1 aliphatic heterocycles. The van der Waals surface area contributed by atoms with Crippen molar-refractivity contribution < 1.29 is 9.47 Å². The third-order valence-electron chi connectivity index (χ3n) is 3.09. The quantitative estimate of drug-likeness (QED) is 0.721. The first-order chi connectivity index (χ1) is 6.74. The molecule has 4 heteroatoms. The van der Waals surface area contributed by atoms with Crippen molar-refractivity contribution in [3.8, 4) is 0 Å². The zero-order chi connectivity index (χ0) is 10.0. The standard InChI is InChI=1S/C10H18N2O2/c1-2-13-8-3-5-10(6-4-8)7-12-9(11)14-10/h8H,2-7H2,1H3,(H2,11,12). The van der Waals surface area contributed by atoms with Gasteiger partial charge in [0.05, 0.1) is 12.6 Å². The fourth-order valence-electron chi connectivity index (χ4n) is 2.29. The molecule has 0 aromatic heterocycles. The van der Waals surface area contributed by atoms with Gasteiger partial charge in [-0.1, -0.05) is 0 Å². The fourth-order valence-corrected chi connectivity index (χ4v) is 2.29. The molecule has 4 nitrogen and oxygen atoms in total. The maximum absolute atomic E-state index is 5.59. The van der Waals surface area contributed by atoms with Crippen LogP contribution in [0.15, 0.2) is 4.99 Å². The average Bonchev–Trinajstić information content (AvgIpc) is 2.53. The average molecular weight is 198 g/mol. The van der Waals surface area contributed by atoms with Crippen LogP contribution in [-0.2, 0) is 9.47 Å². The minimum atomic E-state index is -0.0856. The summed E-state index contributed by atoms with van der Waals surface area (Å²) in [5, 5.41) is 0. The molecule has 0 saturated heterocycles. The Balaban J connectivity index is 1.84. The van der Waals surface area contributed by atoms with Crippen molar-refractivity contribution in [2.24, 2.45) is 10.7 Å². The lowest BCUT2D eigenvalue weighted by Gasteiger charge is -2.35. The van der Waals surface area contributed by atoms with Crippen LogP contribution in [0.5, 0.6) is 0 Å². The molecule has 1 spiro atoms. The van der Waals surface area contributed by atoms with E-state index < -0.39 is 0 Å². The Hall–Kier alpha value is -0.770. The van der Waals surface area contributed by atoms with E-state index in [1.807, 2.05) is 6.92 Å². The molecule has 1 saturated carbocycles. The van der Waals surface area contributed by atoms with E-state index in [4.69, 9.17) is 15.2 Å². The lowest BCUT2D eigenvalue weighted by molar-refractivity contribution is -0.0312. The Labute approximate surface area is 84.5 Å². The molecule has 0 amide bonds. The third kappa shape index (κ3) is 1.85. The van der Waals surface area contributed by atoms with Crippen molar-refractivity contribution >= 4 is 6.02 Å². The van der Waals surface area contributed by atoms with Crippen LogP contribution in [0.4, 0.5) is 0 Å². The van der Waals surface area contributed by atoms with E-state index in [-0.39, 0.29) is 5.60 Å².